The molecule has 0 radical (unpaired) electrons. The number of hydrogen-bond donors (Lipinski definition) is 2. The van der Waals surface area contributed by atoms with Gasteiger partial charge in [-0.3, -0.25) is 4.79 Å². The summed E-state index contributed by atoms with van der Waals surface area (Å²) < 4.78 is 0. The van der Waals surface area contributed by atoms with Gasteiger partial charge in [0.25, 0.3) is 0 Å². The van der Waals surface area contributed by atoms with E-state index in [2.05, 4.69) is 11.2 Å². The van der Waals surface area contributed by atoms with Gasteiger partial charge in [-0.25, -0.2) is 0 Å². The van der Waals surface area contributed by atoms with Gasteiger partial charge < -0.3 is 11.1 Å². The van der Waals surface area contributed by atoms with Crippen LogP contribution in [0.1, 0.15) is 6.42 Å². The van der Waals surface area contributed by atoms with Gasteiger partial charge >= 0.3 is 0 Å². The van der Waals surface area contributed by atoms with Crippen LogP contribution in [0.15, 0.2) is 18.2 Å². The smallest absolute Gasteiger partial charge is 0.242 e. The van der Waals surface area contributed by atoms with E-state index in [-0.39, 0.29) is 12.3 Å². The van der Waals surface area contributed by atoms with E-state index in [1.54, 1.807) is 18.2 Å². The lowest BCUT2D eigenvalue weighted by Gasteiger charge is -2.11. The second-order valence-corrected chi connectivity index (χ2v) is 3.97. The van der Waals surface area contributed by atoms with Crippen LogP contribution in [0.3, 0.4) is 0 Å². The first-order valence-corrected chi connectivity index (χ1v) is 5.25. The molecule has 0 aliphatic rings. The molecule has 1 amide bonds. The topological polar surface area (TPSA) is 55.1 Å². The Morgan fingerprint density at radius 2 is 2.25 bits per heavy atom. The molecule has 0 aliphatic carbocycles. The molecule has 1 atom stereocenters. The summed E-state index contributed by atoms with van der Waals surface area (Å²) in [4.78, 5) is 11.5. The lowest BCUT2D eigenvalue weighted by Crippen LogP contribution is -2.35. The van der Waals surface area contributed by atoms with Crippen LogP contribution in [0.5, 0.6) is 0 Å². The molecule has 0 saturated heterocycles. The second kappa shape index (κ2) is 5.76. The lowest BCUT2D eigenvalue weighted by atomic mass is 10.2. The van der Waals surface area contributed by atoms with Crippen molar-refractivity contribution in [2.24, 2.45) is 5.73 Å². The third-order valence-corrected chi connectivity index (χ3v) is 2.43. The number of halogens is 2. The van der Waals surface area contributed by atoms with Crippen LogP contribution in [-0.4, -0.2) is 11.9 Å². The predicted molar refractivity (Wildman–Crippen MR) is 66.5 cm³/mol. The summed E-state index contributed by atoms with van der Waals surface area (Å²) in [5, 5.41) is 3.43. The van der Waals surface area contributed by atoms with Crippen molar-refractivity contribution in [2.75, 3.05) is 5.32 Å². The average Bonchev–Trinajstić information content (AvgIpc) is 2.23. The first-order chi connectivity index (χ1) is 7.54. The van der Waals surface area contributed by atoms with E-state index in [1.807, 2.05) is 0 Å². The van der Waals surface area contributed by atoms with Crippen molar-refractivity contribution in [3.8, 4) is 12.3 Å². The number of benzene rings is 1. The van der Waals surface area contributed by atoms with Crippen LogP contribution < -0.4 is 11.1 Å². The number of rotatable bonds is 3. The maximum absolute atomic E-state index is 11.5. The zero-order chi connectivity index (χ0) is 12.1. The molecular formula is C11H10Cl2N2O. The van der Waals surface area contributed by atoms with Gasteiger partial charge in [-0.05, 0) is 18.2 Å². The number of nitrogens with two attached hydrogens (primary N) is 1. The predicted octanol–water partition coefficient (Wildman–Crippen LogP) is 2.28. The number of amides is 1. The monoisotopic (exact) mass is 256 g/mol. The van der Waals surface area contributed by atoms with Gasteiger partial charge in [0.2, 0.25) is 5.91 Å². The molecule has 0 heterocycles. The molecule has 3 N–H and O–H groups in total. The lowest BCUT2D eigenvalue weighted by molar-refractivity contribution is -0.117. The quantitative estimate of drug-likeness (QED) is 0.816. The molecule has 5 heteroatoms. The Hall–Kier alpha value is -1.21. The largest absolute Gasteiger partial charge is 0.323 e. The summed E-state index contributed by atoms with van der Waals surface area (Å²) in [5.74, 6) is 1.93. The zero-order valence-corrected chi connectivity index (χ0v) is 9.85. The Morgan fingerprint density at radius 3 is 2.88 bits per heavy atom. The van der Waals surface area contributed by atoms with Gasteiger partial charge in [-0.1, -0.05) is 23.2 Å². The number of terminal acetylenes is 1. The van der Waals surface area contributed by atoms with E-state index in [4.69, 9.17) is 35.4 Å². The van der Waals surface area contributed by atoms with Gasteiger partial charge in [-0.2, -0.15) is 0 Å². The molecule has 1 aromatic carbocycles. The van der Waals surface area contributed by atoms with Gasteiger partial charge in [0.05, 0.1) is 16.8 Å². The highest BCUT2D eigenvalue weighted by Crippen LogP contribution is 2.25. The number of carbonyl (C=O) groups excluding carboxylic acids is 1. The summed E-state index contributed by atoms with van der Waals surface area (Å²) in [6.45, 7) is 0. The fourth-order valence-electron chi connectivity index (χ4n) is 1.04. The summed E-state index contributed by atoms with van der Waals surface area (Å²) >= 11 is 11.6. The summed E-state index contributed by atoms with van der Waals surface area (Å²) in [7, 11) is 0. The molecule has 1 unspecified atom stereocenters. The highest BCUT2D eigenvalue weighted by atomic mass is 35.5. The molecule has 0 aliphatic heterocycles. The number of carbonyl (C=O) groups is 1. The van der Waals surface area contributed by atoms with Gasteiger partial charge in [0.15, 0.2) is 0 Å². The Balaban J connectivity index is 2.77. The third kappa shape index (κ3) is 3.42. The second-order valence-electron chi connectivity index (χ2n) is 3.13. The molecule has 1 aromatic rings. The molecule has 0 saturated carbocycles. The Morgan fingerprint density at radius 1 is 1.56 bits per heavy atom. The van der Waals surface area contributed by atoms with Crippen LogP contribution in [-0.2, 0) is 4.79 Å². The molecule has 16 heavy (non-hydrogen) atoms. The summed E-state index contributed by atoms with van der Waals surface area (Å²) in [6.07, 6.45) is 5.23. The first-order valence-electron chi connectivity index (χ1n) is 4.49. The fraction of sp³-hybridized carbons (Fsp3) is 0.182. The Bertz CT molecular complexity index is 440. The van der Waals surface area contributed by atoms with Gasteiger partial charge in [-0.15, -0.1) is 12.3 Å². The number of hydrogen-bond acceptors (Lipinski definition) is 2. The number of anilines is 1. The van der Waals surface area contributed by atoms with Crippen molar-refractivity contribution < 1.29 is 4.79 Å². The molecule has 84 valence electrons. The van der Waals surface area contributed by atoms with E-state index >= 15 is 0 Å². The highest BCUT2D eigenvalue weighted by Gasteiger charge is 2.13. The van der Waals surface area contributed by atoms with Gasteiger partial charge in [0.1, 0.15) is 0 Å². The summed E-state index contributed by atoms with van der Waals surface area (Å²) in [5.41, 5.74) is 5.96. The van der Waals surface area contributed by atoms with Crippen LogP contribution in [0, 0.1) is 12.3 Å². The van der Waals surface area contributed by atoms with Crippen LogP contribution in [0.4, 0.5) is 5.69 Å². The van der Waals surface area contributed by atoms with E-state index in [0.29, 0.717) is 15.7 Å². The minimum atomic E-state index is -0.750. The van der Waals surface area contributed by atoms with Crippen molar-refractivity contribution >= 4 is 34.8 Å². The van der Waals surface area contributed by atoms with Gasteiger partial charge in [0, 0.05) is 11.4 Å². The Labute approximate surface area is 104 Å². The molecule has 0 spiro atoms. The van der Waals surface area contributed by atoms with Crippen molar-refractivity contribution in [1.82, 2.24) is 0 Å². The van der Waals surface area contributed by atoms with Crippen molar-refractivity contribution in [1.29, 1.82) is 0 Å². The van der Waals surface area contributed by atoms with Crippen molar-refractivity contribution in [2.45, 2.75) is 12.5 Å². The van der Waals surface area contributed by atoms with E-state index in [1.165, 1.54) is 0 Å². The molecule has 1 rings (SSSR count). The Kier molecular flexibility index (Phi) is 4.63. The van der Waals surface area contributed by atoms with E-state index in [0.717, 1.165) is 0 Å². The maximum Gasteiger partial charge on any atom is 0.242 e. The van der Waals surface area contributed by atoms with Crippen molar-refractivity contribution in [3.05, 3.63) is 28.2 Å². The minimum absolute atomic E-state index is 0.171. The number of nitrogens with one attached hydrogen (secondary N) is 1. The molecule has 0 aromatic heterocycles. The van der Waals surface area contributed by atoms with E-state index < -0.39 is 6.04 Å². The molecular weight excluding hydrogens is 247 g/mol. The van der Waals surface area contributed by atoms with Crippen LogP contribution in [0.2, 0.25) is 10.0 Å². The molecule has 3 nitrogen and oxygen atoms in total. The van der Waals surface area contributed by atoms with Crippen molar-refractivity contribution in [3.63, 3.8) is 0 Å². The minimum Gasteiger partial charge on any atom is -0.323 e. The highest BCUT2D eigenvalue weighted by molar-refractivity contribution is 6.35. The fourth-order valence-corrected chi connectivity index (χ4v) is 1.38. The maximum atomic E-state index is 11.5. The molecule has 0 bridgehead atoms. The normalized spacial score (nSPS) is 11.6. The third-order valence-electron chi connectivity index (χ3n) is 1.86. The standard InChI is InChI=1S/C11H10Cl2N2O/c1-2-3-9(14)11(16)15-10-6-7(12)4-5-8(10)13/h1,4-6,9H,3,14H2,(H,15,16). The van der Waals surface area contributed by atoms with Crippen LogP contribution in [0.25, 0.3) is 0 Å². The average molecular weight is 257 g/mol. The zero-order valence-electron chi connectivity index (χ0n) is 8.34. The van der Waals surface area contributed by atoms with Crippen LogP contribution >= 0.6 is 23.2 Å². The molecule has 0 fully saturated rings. The SMILES string of the molecule is C#CCC(N)C(=O)Nc1cc(Cl)ccc1Cl. The van der Waals surface area contributed by atoms with E-state index in [9.17, 15) is 4.79 Å². The summed E-state index contributed by atoms with van der Waals surface area (Å²) in [6, 6.07) is 4.01. The first kappa shape index (κ1) is 12.9.